The van der Waals surface area contributed by atoms with Crippen molar-refractivity contribution in [3.05, 3.63) is 63.9 Å². The van der Waals surface area contributed by atoms with Gasteiger partial charge in [0.1, 0.15) is 18.2 Å². The van der Waals surface area contributed by atoms with Crippen molar-refractivity contribution < 1.29 is 13.9 Å². The van der Waals surface area contributed by atoms with Crippen LogP contribution in [0.3, 0.4) is 0 Å². The van der Waals surface area contributed by atoms with E-state index in [0.717, 1.165) is 5.56 Å². The molecule has 0 radical (unpaired) electrons. The zero-order chi connectivity index (χ0) is 13.0. The van der Waals surface area contributed by atoms with Crippen LogP contribution in [0.2, 0.25) is 0 Å². The Hall–Kier alpha value is -1.68. The number of aldehydes is 1. The molecule has 2 aromatic carbocycles. The molecule has 0 aliphatic rings. The molecule has 0 bridgehead atoms. The number of benzene rings is 2. The van der Waals surface area contributed by atoms with E-state index in [1.807, 2.05) is 30.3 Å². The fraction of sp³-hybridized carbons (Fsp3) is 0.0714. The lowest BCUT2D eigenvalue weighted by molar-refractivity contribution is 0.111. The highest BCUT2D eigenvalue weighted by Crippen LogP contribution is 2.27. The third-order valence-electron chi connectivity index (χ3n) is 2.41. The Morgan fingerprint density at radius 1 is 1.22 bits per heavy atom. The summed E-state index contributed by atoms with van der Waals surface area (Å²) < 4.78 is 19.1. The minimum absolute atomic E-state index is 0.237. The van der Waals surface area contributed by atoms with Gasteiger partial charge in [0.05, 0.1) is 5.56 Å². The summed E-state index contributed by atoms with van der Waals surface area (Å²) in [5.74, 6) is -0.212. The van der Waals surface area contributed by atoms with Crippen LogP contribution >= 0.6 is 15.9 Å². The molecule has 0 N–H and O–H groups in total. The van der Waals surface area contributed by atoms with Gasteiger partial charge in [-0.2, -0.15) is 0 Å². The standard InChI is InChI=1S/C14H10BrFO2/c15-13-6-11(16)7-14(12(13)8-17)18-9-10-4-2-1-3-5-10/h1-8H,9H2. The minimum atomic E-state index is -0.449. The van der Waals surface area contributed by atoms with Crippen molar-refractivity contribution in [3.8, 4) is 5.75 Å². The van der Waals surface area contributed by atoms with Crippen molar-refractivity contribution in [3.63, 3.8) is 0 Å². The van der Waals surface area contributed by atoms with Crippen LogP contribution in [-0.4, -0.2) is 6.29 Å². The molecule has 92 valence electrons. The van der Waals surface area contributed by atoms with E-state index in [1.54, 1.807) is 0 Å². The third-order valence-corrected chi connectivity index (χ3v) is 3.07. The van der Waals surface area contributed by atoms with Gasteiger partial charge in [0, 0.05) is 10.5 Å². The second-order valence-electron chi connectivity index (χ2n) is 3.69. The van der Waals surface area contributed by atoms with Gasteiger partial charge in [-0.1, -0.05) is 30.3 Å². The van der Waals surface area contributed by atoms with E-state index in [2.05, 4.69) is 15.9 Å². The molecule has 0 fully saturated rings. The van der Waals surface area contributed by atoms with E-state index >= 15 is 0 Å². The summed E-state index contributed by atoms with van der Waals surface area (Å²) in [4.78, 5) is 10.9. The van der Waals surface area contributed by atoms with Crippen LogP contribution in [0.15, 0.2) is 46.9 Å². The van der Waals surface area contributed by atoms with Crippen molar-refractivity contribution in [2.45, 2.75) is 6.61 Å². The summed E-state index contributed by atoms with van der Waals surface area (Å²) >= 11 is 3.13. The van der Waals surface area contributed by atoms with Crippen molar-refractivity contribution in [2.24, 2.45) is 0 Å². The summed E-state index contributed by atoms with van der Waals surface area (Å²) in [5.41, 5.74) is 1.27. The first-order valence-electron chi connectivity index (χ1n) is 5.31. The zero-order valence-corrected chi connectivity index (χ0v) is 11.0. The highest BCUT2D eigenvalue weighted by Gasteiger charge is 2.10. The lowest BCUT2D eigenvalue weighted by Crippen LogP contribution is -1.99. The van der Waals surface area contributed by atoms with Crippen LogP contribution in [-0.2, 0) is 6.61 Å². The smallest absolute Gasteiger partial charge is 0.154 e. The molecule has 4 heteroatoms. The van der Waals surface area contributed by atoms with Gasteiger partial charge in [-0.3, -0.25) is 4.79 Å². The molecule has 2 nitrogen and oxygen atoms in total. The first-order chi connectivity index (χ1) is 8.70. The summed E-state index contributed by atoms with van der Waals surface area (Å²) in [6.07, 6.45) is 0.643. The zero-order valence-electron chi connectivity index (χ0n) is 9.40. The molecule has 2 rings (SSSR count). The van der Waals surface area contributed by atoms with Crippen LogP contribution in [0.1, 0.15) is 15.9 Å². The van der Waals surface area contributed by atoms with Crippen molar-refractivity contribution >= 4 is 22.2 Å². The molecule has 0 saturated carbocycles. The van der Waals surface area contributed by atoms with Gasteiger partial charge in [-0.05, 0) is 27.6 Å². The SMILES string of the molecule is O=Cc1c(Br)cc(F)cc1OCc1ccccc1. The van der Waals surface area contributed by atoms with Gasteiger partial charge in [-0.15, -0.1) is 0 Å². The maximum Gasteiger partial charge on any atom is 0.154 e. The predicted octanol–water partition coefficient (Wildman–Crippen LogP) is 3.98. The predicted molar refractivity (Wildman–Crippen MR) is 70.3 cm³/mol. The number of halogens is 2. The molecule has 0 saturated heterocycles. The molecular formula is C14H10BrFO2. The van der Waals surface area contributed by atoms with Gasteiger partial charge in [0.15, 0.2) is 6.29 Å². The Kier molecular flexibility index (Phi) is 4.10. The normalized spacial score (nSPS) is 10.1. The quantitative estimate of drug-likeness (QED) is 0.799. The van der Waals surface area contributed by atoms with Gasteiger partial charge in [0.2, 0.25) is 0 Å². The second kappa shape index (κ2) is 5.78. The molecule has 0 aliphatic heterocycles. The molecule has 18 heavy (non-hydrogen) atoms. The van der Waals surface area contributed by atoms with E-state index in [0.29, 0.717) is 16.3 Å². The first-order valence-corrected chi connectivity index (χ1v) is 6.11. The Balaban J connectivity index is 2.21. The molecule has 0 aromatic heterocycles. The average molecular weight is 309 g/mol. The molecule has 0 unspecified atom stereocenters. The van der Waals surface area contributed by atoms with E-state index in [4.69, 9.17) is 4.74 Å². The lowest BCUT2D eigenvalue weighted by Gasteiger charge is -2.10. The van der Waals surface area contributed by atoms with Crippen LogP contribution in [0.4, 0.5) is 4.39 Å². The fourth-order valence-electron chi connectivity index (χ4n) is 1.53. The Morgan fingerprint density at radius 2 is 1.94 bits per heavy atom. The Bertz CT molecular complexity index is 555. The largest absolute Gasteiger partial charge is 0.488 e. The second-order valence-corrected chi connectivity index (χ2v) is 4.55. The van der Waals surface area contributed by atoms with Crippen molar-refractivity contribution in [1.29, 1.82) is 0 Å². The van der Waals surface area contributed by atoms with Crippen molar-refractivity contribution in [2.75, 3.05) is 0 Å². The molecular weight excluding hydrogens is 299 g/mol. The Morgan fingerprint density at radius 3 is 2.61 bits per heavy atom. The van der Waals surface area contributed by atoms with E-state index in [1.165, 1.54) is 12.1 Å². The van der Waals surface area contributed by atoms with Gasteiger partial charge in [0.25, 0.3) is 0 Å². The molecule has 0 atom stereocenters. The number of hydrogen-bond acceptors (Lipinski definition) is 2. The highest BCUT2D eigenvalue weighted by molar-refractivity contribution is 9.10. The summed E-state index contributed by atoms with van der Waals surface area (Å²) in [6, 6.07) is 11.9. The van der Waals surface area contributed by atoms with E-state index in [9.17, 15) is 9.18 Å². The molecule has 0 spiro atoms. The van der Waals surface area contributed by atoms with Crippen LogP contribution < -0.4 is 4.74 Å². The number of ether oxygens (including phenoxy) is 1. The molecule has 2 aromatic rings. The van der Waals surface area contributed by atoms with E-state index in [-0.39, 0.29) is 12.4 Å². The monoisotopic (exact) mass is 308 g/mol. The molecule has 0 heterocycles. The molecule has 0 aliphatic carbocycles. The maximum absolute atomic E-state index is 13.2. The third kappa shape index (κ3) is 2.96. The number of carbonyl (C=O) groups excluding carboxylic acids is 1. The van der Waals surface area contributed by atoms with Crippen LogP contribution in [0.25, 0.3) is 0 Å². The summed E-state index contributed by atoms with van der Waals surface area (Å²) in [6.45, 7) is 0.289. The highest BCUT2D eigenvalue weighted by atomic mass is 79.9. The summed E-state index contributed by atoms with van der Waals surface area (Å²) in [7, 11) is 0. The van der Waals surface area contributed by atoms with Gasteiger partial charge in [-0.25, -0.2) is 4.39 Å². The number of carbonyl (C=O) groups is 1. The van der Waals surface area contributed by atoms with E-state index < -0.39 is 5.82 Å². The fourth-order valence-corrected chi connectivity index (χ4v) is 2.04. The first kappa shape index (κ1) is 12.8. The van der Waals surface area contributed by atoms with Crippen molar-refractivity contribution in [1.82, 2.24) is 0 Å². The van der Waals surface area contributed by atoms with Crippen LogP contribution in [0, 0.1) is 5.82 Å². The summed E-state index contributed by atoms with van der Waals surface area (Å²) in [5, 5.41) is 0. The maximum atomic E-state index is 13.2. The Labute approximate surface area is 113 Å². The number of rotatable bonds is 4. The lowest BCUT2D eigenvalue weighted by atomic mass is 10.2. The average Bonchev–Trinajstić information content (AvgIpc) is 2.37. The van der Waals surface area contributed by atoms with Gasteiger partial charge >= 0.3 is 0 Å². The van der Waals surface area contributed by atoms with Gasteiger partial charge < -0.3 is 4.74 Å². The minimum Gasteiger partial charge on any atom is -0.488 e. The number of hydrogen-bond donors (Lipinski definition) is 0. The van der Waals surface area contributed by atoms with Crippen LogP contribution in [0.5, 0.6) is 5.75 Å². The topological polar surface area (TPSA) is 26.3 Å². The molecule has 0 amide bonds.